The van der Waals surface area contributed by atoms with Crippen LogP contribution < -0.4 is 0 Å². The molecule has 1 N–H and O–H groups in total. The summed E-state index contributed by atoms with van der Waals surface area (Å²) < 4.78 is 0. The highest BCUT2D eigenvalue weighted by molar-refractivity contribution is 5.27. The highest BCUT2D eigenvalue weighted by Crippen LogP contribution is 2.26. The second-order valence-corrected chi connectivity index (χ2v) is 4.08. The summed E-state index contributed by atoms with van der Waals surface area (Å²) >= 11 is 0. The predicted octanol–water partition coefficient (Wildman–Crippen LogP) is 3.26. The van der Waals surface area contributed by atoms with E-state index in [4.69, 9.17) is 0 Å². The summed E-state index contributed by atoms with van der Waals surface area (Å²) in [5, 5.41) is 10.2. The number of hydrogen-bond donors (Lipinski definition) is 1. The summed E-state index contributed by atoms with van der Waals surface area (Å²) in [6, 6.07) is 8.24. The topological polar surface area (TPSA) is 20.2 Å². The van der Waals surface area contributed by atoms with Crippen LogP contribution in [-0.2, 0) is 12.0 Å². The number of aliphatic hydroxyl groups is 1. The minimum atomic E-state index is -0.667. The van der Waals surface area contributed by atoms with E-state index in [0.29, 0.717) is 0 Å². The Balaban J connectivity index is 2.93. The molecule has 0 unspecified atom stereocenters. The van der Waals surface area contributed by atoms with Gasteiger partial charge < -0.3 is 5.11 Å². The first-order valence-electron chi connectivity index (χ1n) is 5.42. The van der Waals surface area contributed by atoms with E-state index in [2.05, 4.69) is 26.0 Å². The summed E-state index contributed by atoms with van der Waals surface area (Å²) in [6.45, 7) is 6.12. The number of rotatable bonds is 4. The highest BCUT2D eigenvalue weighted by Gasteiger charge is 2.21. The van der Waals surface area contributed by atoms with Crippen molar-refractivity contribution >= 4 is 0 Å². The lowest BCUT2D eigenvalue weighted by atomic mass is 9.90. The molecule has 1 nitrogen and oxygen atoms in total. The Hall–Kier alpha value is -0.820. The van der Waals surface area contributed by atoms with Crippen LogP contribution in [0.5, 0.6) is 0 Å². The van der Waals surface area contributed by atoms with E-state index in [1.54, 1.807) is 0 Å². The van der Waals surface area contributed by atoms with E-state index in [1.807, 2.05) is 19.1 Å². The molecule has 0 aliphatic rings. The fourth-order valence-corrected chi connectivity index (χ4v) is 1.76. The van der Waals surface area contributed by atoms with E-state index >= 15 is 0 Å². The summed E-state index contributed by atoms with van der Waals surface area (Å²) in [6.07, 6.45) is 2.85. The lowest BCUT2D eigenvalue weighted by molar-refractivity contribution is 0.0469. The molecule has 0 amide bonds. The van der Waals surface area contributed by atoms with Crippen LogP contribution in [0.3, 0.4) is 0 Å². The maximum Gasteiger partial charge on any atom is 0.0868 e. The minimum absolute atomic E-state index is 0.667. The first-order chi connectivity index (χ1) is 6.60. The van der Waals surface area contributed by atoms with Crippen LogP contribution in [0.1, 0.15) is 44.7 Å². The van der Waals surface area contributed by atoms with Gasteiger partial charge in [0.2, 0.25) is 0 Å². The van der Waals surface area contributed by atoms with E-state index < -0.39 is 5.60 Å². The monoisotopic (exact) mass is 192 g/mol. The summed E-state index contributed by atoms with van der Waals surface area (Å²) in [5.41, 5.74) is 1.66. The smallest absolute Gasteiger partial charge is 0.0868 e. The quantitative estimate of drug-likeness (QED) is 0.776. The van der Waals surface area contributed by atoms with E-state index in [9.17, 15) is 5.11 Å². The fourth-order valence-electron chi connectivity index (χ4n) is 1.76. The average molecular weight is 192 g/mol. The molecular formula is C13H20O. The predicted molar refractivity (Wildman–Crippen MR) is 60.3 cm³/mol. The highest BCUT2D eigenvalue weighted by atomic mass is 16.3. The average Bonchev–Trinajstić information content (AvgIpc) is 2.18. The molecule has 1 aromatic carbocycles. The van der Waals surface area contributed by atoms with Crippen molar-refractivity contribution in [3.63, 3.8) is 0 Å². The normalized spacial score (nSPS) is 15.1. The summed E-state index contributed by atoms with van der Waals surface area (Å²) in [7, 11) is 0. The zero-order chi connectivity index (χ0) is 10.6. The van der Waals surface area contributed by atoms with Gasteiger partial charge >= 0.3 is 0 Å². The van der Waals surface area contributed by atoms with Crippen molar-refractivity contribution in [1.82, 2.24) is 0 Å². The number of benzene rings is 1. The van der Waals surface area contributed by atoms with Crippen molar-refractivity contribution < 1.29 is 5.11 Å². The lowest BCUT2D eigenvalue weighted by Gasteiger charge is -2.23. The van der Waals surface area contributed by atoms with Crippen molar-refractivity contribution in [2.45, 2.75) is 45.6 Å². The third kappa shape index (κ3) is 2.58. The van der Waals surface area contributed by atoms with Gasteiger partial charge in [-0.1, -0.05) is 44.5 Å². The Morgan fingerprint density at radius 3 is 2.57 bits per heavy atom. The first kappa shape index (κ1) is 11.3. The zero-order valence-electron chi connectivity index (χ0n) is 9.38. The second-order valence-electron chi connectivity index (χ2n) is 4.08. The van der Waals surface area contributed by atoms with Crippen molar-refractivity contribution in [2.75, 3.05) is 0 Å². The van der Waals surface area contributed by atoms with E-state index in [-0.39, 0.29) is 0 Å². The molecule has 0 fully saturated rings. The minimum Gasteiger partial charge on any atom is -0.385 e. The van der Waals surface area contributed by atoms with Gasteiger partial charge in [-0.3, -0.25) is 0 Å². The summed E-state index contributed by atoms with van der Waals surface area (Å²) in [5.74, 6) is 0. The lowest BCUT2D eigenvalue weighted by Crippen LogP contribution is -2.20. The van der Waals surface area contributed by atoms with Crippen molar-refractivity contribution in [3.05, 3.63) is 35.4 Å². The molecule has 0 saturated heterocycles. The fraction of sp³-hybridized carbons (Fsp3) is 0.538. The number of hydrogen-bond acceptors (Lipinski definition) is 1. The number of aryl methyl sites for hydroxylation is 1. The van der Waals surface area contributed by atoms with Gasteiger partial charge in [0.1, 0.15) is 0 Å². The zero-order valence-corrected chi connectivity index (χ0v) is 9.38. The summed E-state index contributed by atoms with van der Waals surface area (Å²) in [4.78, 5) is 0. The van der Waals surface area contributed by atoms with Crippen LogP contribution in [0.2, 0.25) is 0 Å². The first-order valence-corrected chi connectivity index (χ1v) is 5.42. The van der Waals surface area contributed by atoms with Gasteiger partial charge in [0.05, 0.1) is 5.60 Å². The van der Waals surface area contributed by atoms with Crippen LogP contribution in [0, 0.1) is 0 Å². The Labute approximate surface area is 86.8 Å². The van der Waals surface area contributed by atoms with Crippen LogP contribution in [0.4, 0.5) is 0 Å². The Morgan fingerprint density at radius 1 is 1.29 bits per heavy atom. The largest absolute Gasteiger partial charge is 0.385 e. The molecule has 0 heterocycles. The van der Waals surface area contributed by atoms with Gasteiger partial charge in [0, 0.05) is 0 Å². The van der Waals surface area contributed by atoms with Gasteiger partial charge in [-0.25, -0.2) is 0 Å². The molecule has 0 spiro atoms. The van der Waals surface area contributed by atoms with Gasteiger partial charge in [-0.2, -0.15) is 0 Å². The molecule has 0 saturated carbocycles. The third-order valence-electron chi connectivity index (χ3n) is 2.69. The van der Waals surface area contributed by atoms with Gasteiger partial charge in [0.25, 0.3) is 0 Å². The Morgan fingerprint density at radius 2 is 2.00 bits per heavy atom. The van der Waals surface area contributed by atoms with Crippen molar-refractivity contribution in [3.8, 4) is 0 Å². The van der Waals surface area contributed by atoms with E-state index in [0.717, 1.165) is 24.8 Å². The molecule has 1 heteroatoms. The van der Waals surface area contributed by atoms with Crippen molar-refractivity contribution in [2.24, 2.45) is 0 Å². The van der Waals surface area contributed by atoms with Gasteiger partial charge in [0.15, 0.2) is 0 Å². The maximum absolute atomic E-state index is 10.2. The Kier molecular flexibility index (Phi) is 3.70. The molecule has 0 aliphatic heterocycles. The molecule has 14 heavy (non-hydrogen) atoms. The molecule has 78 valence electrons. The molecule has 0 aromatic heterocycles. The maximum atomic E-state index is 10.2. The molecular weight excluding hydrogens is 172 g/mol. The Bertz CT molecular complexity index is 289. The van der Waals surface area contributed by atoms with E-state index in [1.165, 1.54) is 5.56 Å². The molecule has 0 bridgehead atoms. The standard InChI is InChI=1S/C13H20O/c1-4-9-13(3,14)12-8-6-7-11(5-2)10-12/h6-8,10,14H,4-5,9H2,1-3H3/t13-/m1/s1. The molecule has 0 radical (unpaired) electrons. The molecule has 0 aliphatic carbocycles. The SMILES string of the molecule is CCC[C@@](C)(O)c1cccc(CC)c1. The molecule has 1 aromatic rings. The van der Waals surface area contributed by atoms with Gasteiger partial charge in [-0.05, 0) is 30.9 Å². The van der Waals surface area contributed by atoms with Crippen LogP contribution in [0.15, 0.2) is 24.3 Å². The second kappa shape index (κ2) is 4.61. The van der Waals surface area contributed by atoms with Crippen molar-refractivity contribution in [1.29, 1.82) is 0 Å². The van der Waals surface area contributed by atoms with Gasteiger partial charge in [-0.15, -0.1) is 0 Å². The van der Waals surface area contributed by atoms with Crippen LogP contribution >= 0.6 is 0 Å². The molecule has 1 rings (SSSR count). The third-order valence-corrected chi connectivity index (χ3v) is 2.69. The van der Waals surface area contributed by atoms with Crippen LogP contribution in [-0.4, -0.2) is 5.11 Å². The van der Waals surface area contributed by atoms with Crippen LogP contribution in [0.25, 0.3) is 0 Å². The molecule has 1 atom stereocenters.